The van der Waals surface area contributed by atoms with Gasteiger partial charge in [0.1, 0.15) is 5.82 Å². The summed E-state index contributed by atoms with van der Waals surface area (Å²) in [6.07, 6.45) is 1.59. The van der Waals surface area contributed by atoms with Gasteiger partial charge in [-0.15, -0.1) is 0 Å². The van der Waals surface area contributed by atoms with E-state index in [2.05, 4.69) is 4.98 Å². The molecule has 8 heteroatoms. The monoisotopic (exact) mass is 412 g/mol. The Morgan fingerprint density at radius 1 is 1.13 bits per heavy atom. The number of pyridine rings is 1. The number of amides is 2. The fraction of sp³-hybridized carbons (Fsp3) is 0.409. The zero-order valence-corrected chi connectivity index (χ0v) is 17.3. The summed E-state index contributed by atoms with van der Waals surface area (Å²) in [4.78, 5) is 36.1. The Kier molecular flexibility index (Phi) is 5.09. The van der Waals surface area contributed by atoms with E-state index in [0.717, 1.165) is 0 Å². The molecule has 2 aromatic rings. The van der Waals surface area contributed by atoms with Crippen LogP contribution in [0.1, 0.15) is 20.8 Å². The van der Waals surface area contributed by atoms with Crippen LogP contribution in [0.2, 0.25) is 0 Å². The second-order valence-electron chi connectivity index (χ2n) is 7.96. The molecular formula is C22H25FN4O3. The first-order valence-electron chi connectivity index (χ1n) is 10.1. The van der Waals surface area contributed by atoms with Crippen LogP contribution in [0.25, 0.3) is 0 Å². The zero-order chi connectivity index (χ0) is 21.5. The first-order chi connectivity index (χ1) is 14.3. The molecule has 1 unspecified atom stereocenters. The summed E-state index contributed by atoms with van der Waals surface area (Å²) in [6.45, 7) is 6.97. The number of carbonyl (C=O) groups excluding carboxylic acids is 2. The summed E-state index contributed by atoms with van der Waals surface area (Å²) in [5.74, 6) is -0.267. The van der Waals surface area contributed by atoms with Gasteiger partial charge in [-0.3, -0.25) is 14.5 Å². The lowest BCUT2D eigenvalue weighted by Gasteiger charge is -2.44. The van der Waals surface area contributed by atoms with Gasteiger partial charge in [0.2, 0.25) is 0 Å². The molecule has 1 fully saturated rings. The number of ether oxygens (including phenoxy) is 1. The molecule has 30 heavy (non-hydrogen) atoms. The van der Waals surface area contributed by atoms with E-state index in [1.807, 2.05) is 18.7 Å². The number of benzene rings is 1. The molecule has 0 bridgehead atoms. The third-order valence-corrected chi connectivity index (χ3v) is 5.60. The third kappa shape index (κ3) is 3.26. The Bertz CT molecular complexity index is 974. The first-order valence-corrected chi connectivity index (χ1v) is 10.1. The smallest absolute Gasteiger partial charge is 0.282 e. The van der Waals surface area contributed by atoms with Crippen molar-refractivity contribution in [1.29, 1.82) is 0 Å². The summed E-state index contributed by atoms with van der Waals surface area (Å²) in [6, 6.07) is 9.84. The van der Waals surface area contributed by atoms with Gasteiger partial charge in [-0.25, -0.2) is 9.37 Å². The maximum atomic E-state index is 14.1. The molecule has 1 aromatic carbocycles. The van der Waals surface area contributed by atoms with Crippen molar-refractivity contribution in [3.05, 3.63) is 48.4 Å². The number of nitrogens with zero attached hydrogens (tertiary/aromatic N) is 4. The number of carbonyl (C=O) groups is 2. The SMILES string of the molecule is CC(C)N1C(=O)C(C)(C(=O)N2CCN(c3ccccc3F)CC2)Oc2cccnc21. The molecule has 0 spiro atoms. The van der Waals surface area contributed by atoms with Gasteiger partial charge in [0, 0.05) is 38.4 Å². The van der Waals surface area contributed by atoms with Crippen molar-refractivity contribution < 1.29 is 18.7 Å². The van der Waals surface area contributed by atoms with Gasteiger partial charge in [0.05, 0.1) is 5.69 Å². The largest absolute Gasteiger partial charge is 0.464 e. The molecular weight excluding hydrogens is 387 g/mol. The number of anilines is 2. The number of para-hydroxylation sites is 1. The summed E-state index contributed by atoms with van der Waals surface area (Å²) in [5, 5.41) is 0. The van der Waals surface area contributed by atoms with Crippen molar-refractivity contribution in [3.63, 3.8) is 0 Å². The minimum atomic E-state index is -1.67. The Labute approximate surface area is 175 Å². The molecule has 0 saturated carbocycles. The van der Waals surface area contributed by atoms with E-state index < -0.39 is 11.5 Å². The van der Waals surface area contributed by atoms with Crippen molar-refractivity contribution >= 4 is 23.3 Å². The average molecular weight is 412 g/mol. The molecule has 2 aliphatic rings. The first kappa shape index (κ1) is 20.1. The maximum absolute atomic E-state index is 14.1. The molecule has 3 heterocycles. The molecule has 0 aliphatic carbocycles. The lowest BCUT2D eigenvalue weighted by atomic mass is 9.98. The van der Waals surface area contributed by atoms with Crippen LogP contribution in [-0.4, -0.2) is 59.5 Å². The van der Waals surface area contributed by atoms with Crippen LogP contribution in [0.15, 0.2) is 42.6 Å². The predicted octanol–water partition coefficient (Wildman–Crippen LogP) is 2.46. The van der Waals surface area contributed by atoms with Gasteiger partial charge >= 0.3 is 0 Å². The lowest BCUT2D eigenvalue weighted by Crippen LogP contribution is -2.65. The van der Waals surface area contributed by atoms with Crippen LogP contribution < -0.4 is 14.5 Å². The Balaban J connectivity index is 1.55. The van der Waals surface area contributed by atoms with E-state index in [1.54, 1.807) is 41.4 Å². The van der Waals surface area contributed by atoms with Crippen LogP contribution in [0.4, 0.5) is 15.9 Å². The molecule has 7 nitrogen and oxygen atoms in total. The van der Waals surface area contributed by atoms with E-state index in [0.29, 0.717) is 43.4 Å². The summed E-state index contributed by atoms with van der Waals surface area (Å²) in [5.41, 5.74) is -1.15. The van der Waals surface area contributed by atoms with E-state index in [-0.39, 0.29) is 17.8 Å². The highest BCUT2D eigenvalue weighted by Gasteiger charge is 2.53. The summed E-state index contributed by atoms with van der Waals surface area (Å²) in [7, 11) is 0. The van der Waals surface area contributed by atoms with Crippen molar-refractivity contribution in [2.75, 3.05) is 36.0 Å². The minimum Gasteiger partial charge on any atom is -0.464 e. The van der Waals surface area contributed by atoms with E-state index in [1.165, 1.54) is 17.9 Å². The molecule has 2 aliphatic heterocycles. The molecule has 2 amide bonds. The summed E-state index contributed by atoms with van der Waals surface area (Å²) < 4.78 is 20.0. The van der Waals surface area contributed by atoms with Gasteiger partial charge in [0.25, 0.3) is 17.4 Å². The molecule has 1 aromatic heterocycles. The topological polar surface area (TPSA) is 66.0 Å². The average Bonchev–Trinajstić information content (AvgIpc) is 2.74. The van der Waals surface area contributed by atoms with E-state index in [9.17, 15) is 14.0 Å². The standard InChI is InChI=1S/C22H25FN4O3/c1-15(2)27-19-18(9-6-10-24-19)30-22(3,21(27)29)20(28)26-13-11-25(12-14-26)17-8-5-4-7-16(17)23/h4-10,15H,11-14H2,1-3H3. The number of aromatic nitrogens is 1. The van der Waals surface area contributed by atoms with E-state index in [4.69, 9.17) is 4.74 Å². The predicted molar refractivity (Wildman–Crippen MR) is 111 cm³/mol. The van der Waals surface area contributed by atoms with Crippen LogP contribution in [0, 0.1) is 5.82 Å². The van der Waals surface area contributed by atoms with Gasteiger partial charge < -0.3 is 14.5 Å². The molecule has 1 saturated heterocycles. The second kappa shape index (κ2) is 7.59. The highest BCUT2D eigenvalue weighted by molar-refractivity contribution is 6.16. The lowest BCUT2D eigenvalue weighted by molar-refractivity contribution is -0.156. The van der Waals surface area contributed by atoms with Crippen molar-refractivity contribution in [2.45, 2.75) is 32.4 Å². The highest BCUT2D eigenvalue weighted by atomic mass is 19.1. The fourth-order valence-electron chi connectivity index (χ4n) is 4.01. The maximum Gasteiger partial charge on any atom is 0.282 e. The number of piperazine rings is 1. The molecule has 158 valence electrons. The van der Waals surface area contributed by atoms with Crippen molar-refractivity contribution in [1.82, 2.24) is 9.88 Å². The van der Waals surface area contributed by atoms with Gasteiger partial charge in [0.15, 0.2) is 11.6 Å². The molecule has 4 rings (SSSR count). The zero-order valence-electron chi connectivity index (χ0n) is 17.3. The number of hydrogen-bond acceptors (Lipinski definition) is 5. The molecule has 1 atom stereocenters. The highest BCUT2D eigenvalue weighted by Crippen LogP contribution is 2.38. The van der Waals surface area contributed by atoms with Gasteiger partial charge in [-0.05, 0) is 45.0 Å². The van der Waals surface area contributed by atoms with Crippen molar-refractivity contribution in [2.24, 2.45) is 0 Å². The number of hydrogen-bond donors (Lipinski definition) is 0. The minimum absolute atomic E-state index is 0.180. The van der Waals surface area contributed by atoms with Crippen LogP contribution >= 0.6 is 0 Å². The Morgan fingerprint density at radius 2 is 1.83 bits per heavy atom. The molecule has 0 N–H and O–H groups in total. The van der Waals surface area contributed by atoms with Crippen LogP contribution in [0.3, 0.4) is 0 Å². The normalized spacial score (nSPS) is 21.5. The number of halogens is 1. The summed E-state index contributed by atoms with van der Waals surface area (Å²) >= 11 is 0. The number of fused-ring (bicyclic) bond motifs is 1. The quantitative estimate of drug-likeness (QED) is 0.725. The molecule has 0 radical (unpaired) electrons. The van der Waals surface area contributed by atoms with Crippen LogP contribution in [0.5, 0.6) is 5.75 Å². The van der Waals surface area contributed by atoms with E-state index >= 15 is 0 Å². The Morgan fingerprint density at radius 3 is 2.50 bits per heavy atom. The second-order valence-corrected chi connectivity index (χ2v) is 7.96. The number of rotatable bonds is 3. The van der Waals surface area contributed by atoms with Crippen LogP contribution in [-0.2, 0) is 9.59 Å². The fourth-order valence-corrected chi connectivity index (χ4v) is 4.01. The van der Waals surface area contributed by atoms with Gasteiger partial charge in [-0.1, -0.05) is 12.1 Å². The third-order valence-electron chi connectivity index (χ3n) is 5.60. The van der Waals surface area contributed by atoms with Crippen molar-refractivity contribution in [3.8, 4) is 5.75 Å². The Hall–Kier alpha value is -3.16. The van der Waals surface area contributed by atoms with Gasteiger partial charge in [-0.2, -0.15) is 0 Å².